The van der Waals surface area contributed by atoms with Gasteiger partial charge in [-0.1, -0.05) is 35.9 Å². The molecule has 0 aromatic heterocycles. The summed E-state index contributed by atoms with van der Waals surface area (Å²) in [5.74, 6) is -1.65. The highest BCUT2D eigenvalue weighted by Crippen LogP contribution is 2.36. The van der Waals surface area contributed by atoms with Gasteiger partial charge >= 0.3 is 6.03 Å². The molecule has 3 atom stereocenters. The number of carbonyl (C=O) groups is 2. The third-order valence-electron chi connectivity index (χ3n) is 5.82. The Hall–Kier alpha value is -2.87. The molecular weight excluding hydrogens is 428 g/mol. The first-order chi connectivity index (χ1) is 14.9. The minimum Gasteiger partial charge on any atom is -0.493 e. The van der Waals surface area contributed by atoms with Gasteiger partial charge in [0.15, 0.2) is 0 Å². The number of fused-ring (bicyclic) bond motifs is 1. The number of hydrogen-bond donors (Lipinski definition) is 2. The van der Waals surface area contributed by atoms with Crippen LogP contribution in [0.15, 0.2) is 36.4 Å². The molecule has 2 heterocycles. The van der Waals surface area contributed by atoms with Crippen LogP contribution in [0.1, 0.15) is 24.1 Å². The molecule has 0 radical (unpaired) electrons. The molecule has 2 aromatic rings. The van der Waals surface area contributed by atoms with E-state index < -0.39 is 34.8 Å². The van der Waals surface area contributed by atoms with Gasteiger partial charge in [0.05, 0.1) is 12.6 Å². The first-order valence-electron chi connectivity index (χ1n) is 10.1. The van der Waals surface area contributed by atoms with Gasteiger partial charge < -0.3 is 20.3 Å². The van der Waals surface area contributed by atoms with Crippen molar-refractivity contribution in [1.82, 2.24) is 15.5 Å². The first-order valence-corrected chi connectivity index (χ1v) is 10.4. The van der Waals surface area contributed by atoms with Crippen LogP contribution in [-0.2, 0) is 11.2 Å². The molecule has 2 aliphatic rings. The number of nitrogens with one attached hydrogen (secondary N) is 2. The van der Waals surface area contributed by atoms with E-state index in [1.807, 2.05) is 24.3 Å². The van der Waals surface area contributed by atoms with Gasteiger partial charge in [-0.2, -0.15) is 0 Å². The van der Waals surface area contributed by atoms with Crippen LogP contribution in [0.4, 0.5) is 13.6 Å². The molecule has 0 aliphatic carbocycles. The number of ether oxygens (including phenoxy) is 1. The Kier molecular flexibility index (Phi) is 6.00. The van der Waals surface area contributed by atoms with E-state index in [0.29, 0.717) is 19.5 Å². The molecule has 9 heteroatoms. The van der Waals surface area contributed by atoms with Gasteiger partial charge in [-0.3, -0.25) is 4.79 Å². The van der Waals surface area contributed by atoms with Crippen LogP contribution in [-0.4, -0.2) is 42.6 Å². The lowest BCUT2D eigenvalue weighted by atomic mass is 9.86. The Bertz CT molecular complexity index is 1020. The summed E-state index contributed by atoms with van der Waals surface area (Å²) in [6.07, 6.45) is 0.519. The van der Waals surface area contributed by atoms with Crippen molar-refractivity contribution in [3.05, 3.63) is 64.2 Å². The summed E-state index contributed by atoms with van der Waals surface area (Å²) in [6, 6.07) is 7.85. The largest absolute Gasteiger partial charge is 0.493 e. The molecule has 0 bridgehead atoms. The Morgan fingerprint density at radius 2 is 2.06 bits per heavy atom. The predicted molar refractivity (Wildman–Crippen MR) is 111 cm³/mol. The predicted octanol–water partition coefficient (Wildman–Crippen LogP) is 3.44. The second kappa shape index (κ2) is 8.70. The summed E-state index contributed by atoms with van der Waals surface area (Å²) >= 11 is 5.82. The molecule has 3 amide bonds. The number of halogens is 3. The number of piperazine rings is 1. The molecule has 31 heavy (non-hydrogen) atoms. The molecule has 4 rings (SSSR count). The number of carbonyl (C=O) groups excluding carboxylic acids is 2. The molecule has 2 aliphatic heterocycles. The van der Waals surface area contributed by atoms with Gasteiger partial charge in [0, 0.05) is 24.6 Å². The zero-order valence-corrected chi connectivity index (χ0v) is 17.6. The van der Waals surface area contributed by atoms with E-state index in [1.54, 1.807) is 6.92 Å². The van der Waals surface area contributed by atoms with Gasteiger partial charge in [-0.05, 0) is 31.0 Å². The van der Waals surface area contributed by atoms with Crippen molar-refractivity contribution in [1.29, 1.82) is 0 Å². The standard InChI is InChI=1S/C22H22ClF2N3O3/c1-12-21(29)26-8-9-28(12)22(30)27-20(15-6-7-16(24)18(23)19(15)25)14-10-13-4-2-3-5-17(13)31-11-14/h2-7,12,14,20H,8-11H2,1H3,(H,26,29)(H,27,30)/t12-,14-,20?/m1/s1. The number of para-hydroxylation sites is 1. The third-order valence-corrected chi connectivity index (χ3v) is 6.16. The van der Waals surface area contributed by atoms with Crippen molar-refractivity contribution in [3.8, 4) is 5.75 Å². The number of rotatable bonds is 3. The summed E-state index contributed by atoms with van der Waals surface area (Å²) in [4.78, 5) is 26.4. The molecule has 0 saturated carbocycles. The maximum atomic E-state index is 15.0. The van der Waals surface area contributed by atoms with Crippen molar-refractivity contribution in [2.75, 3.05) is 19.7 Å². The van der Waals surface area contributed by atoms with Crippen molar-refractivity contribution in [2.24, 2.45) is 5.92 Å². The quantitative estimate of drug-likeness (QED) is 0.705. The van der Waals surface area contributed by atoms with Crippen molar-refractivity contribution in [3.63, 3.8) is 0 Å². The van der Waals surface area contributed by atoms with Gasteiger partial charge in [0.25, 0.3) is 0 Å². The summed E-state index contributed by atoms with van der Waals surface area (Å²) in [5, 5.41) is 4.92. The molecule has 2 aromatic carbocycles. The molecule has 1 saturated heterocycles. The van der Waals surface area contributed by atoms with Crippen LogP contribution >= 0.6 is 11.6 Å². The number of urea groups is 1. The smallest absolute Gasteiger partial charge is 0.318 e. The van der Waals surface area contributed by atoms with E-state index >= 15 is 0 Å². The molecular formula is C22H22ClF2N3O3. The Morgan fingerprint density at radius 3 is 2.87 bits per heavy atom. The van der Waals surface area contributed by atoms with Crippen LogP contribution < -0.4 is 15.4 Å². The Balaban J connectivity index is 1.66. The van der Waals surface area contributed by atoms with Crippen LogP contribution in [0.5, 0.6) is 5.75 Å². The summed E-state index contributed by atoms with van der Waals surface area (Å²) in [5.41, 5.74) is 0.999. The Labute approximate surface area is 183 Å². The summed E-state index contributed by atoms with van der Waals surface area (Å²) in [7, 11) is 0. The highest BCUT2D eigenvalue weighted by atomic mass is 35.5. The van der Waals surface area contributed by atoms with Crippen LogP contribution in [0, 0.1) is 17.6 Å². The SMILES string of the molecule is C[C@@H]1C(=O)NCCN1C(=O)NC(c1ccc(F)c(Cl)c1F)[C@H]1COc2ccccc2C1. The average Bonchev–Trinajstić information content (AvgIpc) is 2.78. The fourth-order valence-electron chi connectivity index (χ4n) is 4.07. The summed E-state index contributed by atoms with van der Waals surface area (Å²) < 4.78 is 34.6. The Morgan fingerprint density at radius 1 is 1.29 bits per heavy atom. The maximum Gasteiger partial charge on any atom is 0.318 e. The number of benzene rings is 2. The lowest BCUT2D eigenvalue weighted by molar-refractivity contribution is -0.126. The van der Waals surface area contributed by atoms with E-state index in [2.05, 4.69) is 10.6 Å². The number of nitrogens with zero attached hydrogens (tertiary/aromatic N) is 1. The van der Waals surface area contributed by atoms with E-state index in [0.717, 1.165) is 17.4 Å². The monoisotopic (exact) mass is 449 g/mol. The second-order valence-electron chi connectivity index (χ2n) is 7.74. The number of amides is 3. The van der Waals surface area contributed by atoms with E-state index in [4.69, 9.17) is 16.3 Å². The second-order valence-corrected chi connectivity index (χ2v) is 8.11. The van der Waals surface area contributed by atoms with Crippen molar-refractivity contribution >= 4 is 23.5 Å². The molecule has 2 N–H and O–H groups in total. The average molecular weight is 450 g/mol. The summed E-state index contributed by atoms with van der Waals surface area (Å²) in [6.45, 7) is 2.50. The zero-order chi connectivity index (χ0) is 22.1. The van der Waals surface area contributed by atoms with Gasteiger partial charge in [-0.25, -0.2) is 13.6 Å². The molecule has 0 spiro atoms. The normalized spacial score (nSPS) is 21.5. The number of hydrogen-bond acceptors (Lipinski definition) is 3. The lowest BCUT2D eigenvalue weighted by Gasteiger charge is -2.37. The van der Waals surface area contributed by atoms with Crippen LogP contribution in [0.2, 0.25) is 5.02 Å². The van der Waals surface area contributed by atoms with Crippen molar-refractivity contribution < 1.29 is 23.1 Å². The molecule has 6 nitrogen and oxygen atoms in total. The molecule has 1 fully saturated rings. The third kappa shape index (κ3) is 4.17. The van der Waals surface area contributed by atoms with Gasteiger partial charge in [0.2, 0.25) is 5.91 Å². The van der Waals surface area contributed by atoms with Crippen LogP contribution in [0.3, 0.4) is 0 Å². The lowest BCUT2D eigenvalue weighted by Crippen LogP contribution is -2.59. The minimum absolute atomic E-state index is 0.0712. The first kappa shape index (κ1) is 21.4. The van der Waals surface area contributed by atoms with Crippen molar-refractivity contribution in [2.45, 2.75) is 25.4 Å². The van der Waals surface area contributed by atoms with Gasteiger partial charge in [0.1, 0.15) is 28.4 Å². The molecule has 1 unspecified atom stereocenters. The highest BCUT2D eigenvalue weighted by Gasteiger charge is 2.36. The topological polar surface area (TPSA) is 70.7 Å². The van der Waals surface area contributed by atoms with E-state index in [9.17, 15) is 18.4 Å². The zero-order valence-electron chi connectivity index (χ0n) is 16.8. The fraction of sp³-hybridized carbons (Fsp3) is 0.364. The van der Waals surface area contributed by atoms with E-state index in [1.165, 1.54) is 11.0 Å². The molecule has 164 valence electrons. The fourth-order valence-corrected chi connectivity index (χ4v) is 4.24. The van der Waals surface area contributed by atoms with Crippen LogP contribution in [0.25, 0.3) is 0 Å². The highest BCUT2D eigenvalue weighted by molar-refractivity contribution is 6.31. The van der Waals surface area contributed by atoms with E-state index in [-0.39, 0.29) is 24.0 Å². The maximum absolute atomic E-state index is 15.0. The van der Waals surface area contributed by atoms with Gasteiger partial charge in [-0.15, -0.1) is 0 Å². The minimum atomic E-state index is -0.921.